The summed E-state index contributed by atoms with van der Waals surface area (Å²) < 4.78 is 15.0. The molecule has 1 aromatic carbocycles. The van der Waals surface area contributed by atoms with E-state index in [9.17, 15) is 4.39 Å². The van der Waals surface area contributed by atoms with Gasteiger partial charge in [-0.2, -0.15) is 0 Å². The number of halogens is 1. The molecular formula is C16H22FN3. The third-order valence-electron chi connectivity index (χ3n) is 3.55. The zero-order valence-corrected chi connectivity index (χ0v) is 12.1. The van der Waals surface area contributed by atoms with E-state index in [0.29, 0.717) is 0 Å². The second-order valence-electron chi connectivity index (χ2n) is 5.08. The van der Waals surface area contributed by atoms with Gasteiger partial charge >= 0.3 is 0 Å². The number of unbranched alkanes of at least 4 members (excludes halogenated alkanes) is 1. The SMILES string of the molecule is CCCCC(NCc1nccn1C)c1ccc(F)cc1. The van der Waals surface area contributed by atoms with Crippen LogP contribution < -0.4 is 5.32 Å². The van der Waals surface area contributed by atoms with Crippen molar-refractivity contribution in [2.24, 2.45) is 7.05 Å². The zero-order valence-electron chi connectivity index (χ0n) is 12.1. The monoisotopic (exact) mass is 275 g/mol. The second-order valence-corrected chi connectivity index (χ2v) is 5.08. The van der Waals surface area contributed by atoms with Crippen molar-refractivity contribution >= 4 is 0 Å². The number of aromatic nitrogens is 2. The van der Waals surface area contributed by atoms with Crippen molar-refractivity contribution in [1.29, 1.82) is 0 Å². The van der Waals surface area contributed by atoms with Crippen molar-refractivity contribution in [3.05, 3.63) is 53.9 Å². The summed E-state index contributed by atoms with van der Waals surface area (Å²) in [5, 5.41) is 3.53. The Kier molecular flexibility index (Phi) is 5.30. The van der Waals surface area contributed by atoms with Gasteiger partial charge in [0.1, 0.15) is 11.6 Å². The number of imidazole rings is 1. The van der Waals surface area contributed by atoms with E-state index in [1.165, 1.54) is 12.1 Å². The molecule has 1 N–H and O–H groups in total. The molecule has 0 saturated heterocycles. The van der Waals surface area contributed by atoms with Crippen LogP contribution in [0, 0.1) is 5.82 Å². The summed E-state index contributed by atoms with van der Waals surface area (Å²) in [7, 11) is 1.99. The molecule has 3 nitrogen and oxygen atoms in total. The molecule has 1 unspecified atom stereocenters. The first-order valence-electron chi connectivity index (χ1n) is 7.15. The maximum absolute atomic E-state index is 13.0. The number of hydrogen-bond donors (Lipinski definition) is 1. The molecule has 1 aromatic heterocycles. The van der Waals surface area contributed by atoms with Gasteiger partial charge in [0.2, 0.25) is 0 Å². The van der Waals surface area contributed by atoms with Gasteiger partial charge in [-0.15, -0.1) is 0 Å². The van der Waals surface area contributed by atoms with E-state index in [0.717, 1.165) is 37.2 Å². The van der Waals surface area contributed by atoms with Crippen LogP contribution in [0.1, 0.15) is 43.6 Å². The minimum Gasteiger partial charge on any atom is -0.337 e. The lowest BCUT2D eigenvalue weighted by Crippen LogP contribution is -2.22. The Morgan fingerprint density at radius 2 is 2.05 bits per heavy atom. The van der Waals surface area contributed by atoms with Crippen LogP contribution in [0.2, 0.25) is 0 Å². The summed E-state index contributed by atoms with van der Waals surface area (Å²) in [6, 6.07) is 7.02. The number of benzene rings is 1. The highest BCUT2D eigenvalue weighted by Crippen LogP contribution is 2.20. The Morgan fingerprint density at radius 3 is 2.65 bits per heavy atom. The van der Waals surface area contributed by atoms with Crippen LogP contribution in [0.5, 0.6) is 0 Å². The normalized spacial score (nSPS) is 12.6. The van der Waals surface area contributed by atoms with Crippen molar-refractivity contribution in [3.63, 3.8) is 0 Å². The fourth-order valence-corrected chi connectivity index (χ4v) is 2.27. The van der Waals surface area contributed by atoms with Gasteiger partial charge in [0.15, 0.2) is 0 Å². The third-order valence-corrected chi connectivity index (χ3v) is 3.55. The highest BCUT2D eigenvalue weighted by atomic mass is 19.1. The molecule has 0 amide bonds. The third kappa shape index (κ3) is 3.90. The van der Waals surface area contributed by atoms with Crippen molar-refractivity contribution in [2.75, 3.05) is 0 Å². The molecule has 0 fully saturated rings. The van der Waals surface area contributed by atoms with Gasteiger partial charge in [-0.25, -0.2) is 9.37 Å². The first kappa shape index (κ1) is 14.7. The molecule has 2 aromatic rings. The fourth-order valence-electron chi connectivity index (χ4n) is 2.27. The lowest BCUT2D eigenvalue weighted by atomic mass is 10.0. The summed E-state index contributed by atoms with van der Waals surface area (Å²) in [5.41, 5.74) is 1.13. The number of nitrogens with zero attached hydrogens (tertiary/aromatic N) is 2. The van der Waals surface area contributed by atoms with E-state index < -0.39 is 0 Å². The van der Waals surface area contributed by atoms with Crippen molar-refractivity contribution in [1.82, 2.24) is 14.9 Å². The summed E-state index contributed by atoms with van der Waals surface area (Å²) in [6.45, 7) is 2.90. The van der Waals surface area contributed by atoms with Crippen LogP contribution >= 0.6 is 0 Å². The van der Waals surface area contributed by atoms with E-state index in [1.807, 2.05) is 29.9 Å². The van der Waals surface area contributed by atoms with E-state index >= 15 is 0 Å². The average Bonchev–Trinajstić information content (AvgIpc) is 2.86. The average molecular weight is 275 g/mol. The summed E-state index contributed by atoms with van der Waals surface area (Å²) >= 11 is 0. The smallest absolute Gasteiger partial charge is 0.123 e. The minimum atomic E-state index is -0.188. The molecule has 0 bridgehead atoms. The first-order chi connectivity index (χ1) is 9.70. The summed E-state index contributed by atoms with van der Waals surface area (Å²) in [5.74, 6) is 0.820. The minimum absolute atomic E-state index is 0.188. The van der Waals surface area contributed by atoms with Gasteiger partial charge in [0.05, 0.1) is 6.54 Å². The zero-order chi connectivity index (χ0) is 14.4. The molecule has 108 valence electrons. The predicted octanol–water partition coefficient (Wildman–Crippen LogP) is 3.58. The summed E-state index contributed by atoms with van der Waals surface area (Å²) in [6.07, 6.45) is 7.09. The van der Waals surface area contributed by atoms with Crippen LogP contribution in [-0.4, -0.2) is 9.55 Å². The van der Waals surface area contributed by atoms with Gasteiger partial charge < -0.3 is 9.88 Å². The molecule has 20 heavy (non-hydrogen) atoms. The lowest BCUT2D eigenvalue weighted by molar-refractivity contribution is 0.468. The van der Waals surface area contributed by atoms with E-state index in [2.05, 4.69) is 17.2 Å². The molecule has 1 atom stereocenters. The van der Waals surface area contributed by atoms with Crippen LogP contribution in [0.15, 0.2) is 36.7 Å². The topological polar surface area (TPSA) is 29.9 Å². The van der Waals surface area contributed by atoms with Crippen molar-refractivity contribution < 1.29 is 4.39 Å². The van der Waals surface area contributed by atoms with Crippen molar-refractivity contribution in [3.8, 4) is 0 Å². The Labute approximate surface area is 119 Å². The first-order valence-corrected chi connectivity index (χ1v) is 7.15. The Bertz CT molecular complexity index is 519. The van der Waals surface area contributed by atoms with Gasteiger partial charge in [-0.3, -0.25) is 0 Å². The van der Waals surface area contributed by atoms with Gasteiger partial charge in [-0.05, 0) is 24.1 Å². The number of hydrogen-bond acceptors (Lipinski definition) is 2. The van der Waals surface area contributed by atoms with Crippen LogP contribution in [0.3, 0.4) is 0 Å². The fraction of sp³-hybridized carbons (Fsp3) is 0.438. The second kappa shape index (κ2) is 7.20. The van der Waals surface area contributed by atoms with Gasteiger partial charge in [0, 0.05) is 25.5 Å². The molecule has 1 heterocycles. The molecule has 0 aliphatic heterocycles. The number of aryl methyl sites for hydroxylation is 1. The van der Waals surface area contributed by atoms with Gasteiger partial charge in [0.25, 0.3) is 0 Å². The quantitative estimate of drug-likeness (QED) is 0.837. The van der Waals surface area contributed by atoms with Crippen molar-refractivity contribution in [2.45, 2.75) is 38.8 Å². The maximum atomic E-state index is 13.0. The molecule has 0 spiro atoms. The van der Waals surface area contributed by atoms with Gasteiger partial charge in [-0.1, -0.05) is 31.9 Å². The molecule has 0 radical (unpaired) electrons. The molecule has 0 saturated carbocycles. The molecular weight excluding hydrogens is 253 g/mol. The Hall–Kier alpha value is -1.68. The van der Waals surface area contributed by atoms with E-state index in [-0.39, 0.29) is 11.9 Å². The van der Waals surface area contributed by atoms with Crippen LogP contribution in [0.25, 0.3) is 0 Å². The highest BCUT2D eigenvalue weighted by Gasteiger charge is 2.11. The lowest BCUT2D eigenvalue weighted by Gasteiger charge is -2.19. The largest absolute Gasteiger partial charge is 0.337 e. The Morgan fingerprint density at radius 1 is 1.30 bits per heavy atom. The summed E-state index contributed by atoms with van der Waals surface area (Å²) in [4.78, 5) is 4.32. The number of nitrogens with one attached hydrogen (secondary N) is 1. The standard InChI is InChI=1S/C16H22FN3/c1-3-4-5-15(13-6-8-14(17)9-7-13)19-12-16-18-10-11-20(16)2/h6-11,15,19H,3-5,12H2,1-2H3. The van der Waals surface area contributed by atoms with Crippen LogP contribution in [0.4, 0.5) is 4.39 Å². The highest BCUT2D eigenvalue weighted by molar-refractivity contribution is 5.20. The predicted molar refractivity (Wildman–Crippen MR) is 78.7 cm³/mol. The Balaban J connectivity index is 2.03. The van der Waals surface area contributed by atoms with E-state index in [1.54, 1.807) is 6.20 Å². The molecule has 0 aliphatic rings. The van der Waals surface area contributed by atoms with Crippen LogP contribution in [-0.2, 0) is 13.6 Å². The molecule has 2 rings (SSSR count). The molecule has 4 heteroatoms. The molecule has 0 aliphatic carbocycles. The number of rotatable bonds is 7. The van der Waals surface area contributed by atoms with E-state index in [4.69, 9.17) is 0 Å². The maximum Gasteiger partial charge on any atom is 0.123 e.